The van der Waals surface area contributed by atoms with Crippen molar-refractivity contribution in [1.82, 2.24) is 9.99 Å². The Hall–Kier alpha value is -2.06. The second-order valence-electron chi connectivity index (χ2n) is 6.85. The first-order chi connectivity index (χ1) is 14.8. The van der Waals surface area contributed by atoms with Gasteiger partial charge in [-0.05, 0) is 66.2 Å². The normalized spacial score (nSPS) is 11.5. The van der Waals surface area contributed by atoms with Gasteiger partial charge in [-0.25, -0.2) is 5.43 Å². The summed E-state index contributed by atoms with van der Waals surface area (Å²) in [6, 6.07) is 12.8. The number of halogens is 4. The SMILES string of the molecule is Cc1cc(/C=N\NC(=O)c2cc3cc(Br)cc(Br)c3o2)c(C)n1-c1cccc(Cl)c1Cl. The van der Waals surface area contributed by atoms with Crippen LogP contribution in [0.25, 0.3) is 16.7 Å². The van der Waals surface area contributed by atoms with Crippen LogP contribution in [0.5, 0.6) is 0 Å². The van der Waals surface area contributed by atoms with Gasteiger partial charge < -0.3 is 8.98 Å². The van der Waals surface area contributed by atoms with Crippen LogP contribution in [0.1, 0.15) is 27.5 Å². The summed E-state index contributed by atoms with van der Waals surface area (Å²) in [7, 11) is 0. The number of hydrogen-bond acceptors (Lipinski definition) is 3. The van der Waals surface area contributed by atoms with Gasteiger partial charge in [0.1, 0.15) is 5.58 Å². The minimum absolute atomic E-state index is 0.169. The van der Waals surface area contributed by atoms with Crippen LogP contribution in [0.2, 0.25) is 10.0 Å². The highest BCUT2D eigenvalue weighted by Crippen LogP contribution is 2.32. The van der Waals surface area contributed by atoms with Crippen LogP contribution in [0, 0.1) is 13.8 Å². The van der Waals surface area contributed by atoms with Gasteiger partial charge in [0.25, 0.3) is 0 Å². The summed E-state index contributed by atoms with van der Waals surface area (Å²) >= 11 is 19.4. The molecule has 2 aromatic heterocycles. The van der Waals surface area contributed by atoms with Gasteiger partial charge in [0.05, 0.1) is 26.4 Å². The van der Waals surface area contributed by atoms with Crippen LogP contribution < -0.4 is 5.43 Å². The van der Waals surface area contributed by atoms with E-state index in [4.69, 9.17) is 27.6 Å². The van der Waals surface area contributed by atoms with E-state index in [9.17, 15) is 4.79 Å². The molecule has 0 radical (unpaired) electrons. The number of carbonyl (C=O) groups is 1. The van der Waals surface area contributed by atoms with E-state index in [1.54, 1.807) is 18.3 Å². The fraction of sp³-hybridized carbons (Fsp3) is 0.0909. The van der Waals surface area contributed by atoms with Gasteiger partial charge in [0.2, 0.25) is 0 Å². The molecule has 5 nitrogen and oxygen atoms in total. The van der Waals surface area contributed by atoms with E-state index < -0.39 is 5.91 Å². The number of furan rings is 1. The monoisotopic (exact) mass is 581 g/mol. The second kappa shape index (κ2) is 8.82. The number of hydrogen-bond donors (Lipinski definition) is 1. The van der Waals surface area contributed by atoms with Crippen LogP contribution in [-0.2, 0) is 0 Å². The number of benzene rings is 2. The third kappa shape index (κ3) is 4.32. The summed E-state index contributed by atoms with van der Waals surface area (Å²) in [5, 5.41) is 5.86. The molecule has 9 heteroatoms. The molecule has 0 saturated heterocycles. The third-order valence-corrected chi connectivity index (χ3v) is 6.63. The quantitative estimate of drug-likeness (QED) is 0.200. The molecule has 31 heavy (non-hydrogen) atoms. The molecule has 0 saturated carbocycles. The fourth-order valence-electron chi connectivity index (χ4n) is 3.36. The van der Waals surface area contributed by atoms with Crippen molar-refractivity contribution >= 4 is 78.2 Å². The van der Waals surface area contributed by atoms with Gasteiger partial charge in [-0.2, -0.15) is 5.10 Å². The topological polar surface area (TPSA) is 59.5 Å². The van der Waals surface area contributed by atoms with Gasteiger partial charge in [0, 0.05) is 26.8 Å². The number of nitrogens with zero attached hydrogens (tertiary/aromatic N) is 2. The van der Waals surface area contributed by atoms with Crippen LogP contribution in [0.3, 0.4) is 0 Å². The first-order valence-corrected chi connectivity index (χ1v) is 11.5. The largest absolute Gasteiger partial charge is 0.450 e. The third-order valence-electron chi connectivity index (χ3n) is 4.77. The lowest BCUT2D eigenvalue weighted by atomic mass is 10.2. The number of hydrazone groups is 1. The summed E-state index contributed by atoms with van der Waals surface area (Å²) in [6.45, 7) is 3.91. The van der Waals surface area contributed by atoms with Crippen molar-refractivity contribution in [1.29, 1.82) is 0 Å². The number of carbonyl (C=O) groups excluding carboxylic acids is 1. The van der Waals surface area contributed by atoms with Crippen molar-refractivity contribution in [2.45, 2.75) is 13.8 Å². The zero-order chi connectivity index (χ0) is 22.3. The lowest BCUT2D eigenvalue weighted by Gasteiger charge is -2.12. The Bertz CT molecular complexity index is 1360. The molecule has 0 bridgehead atoms. The number of aryl methyl sites for hydroxylation is 1. The molecule has 0 fully saturated rings. The molecule has 158 valence electrons. The smallest absolute Gasteiger partial charge is 0.307 e. The number of rotatable bonds is 4. The molecule has 1 amide bonds. The Morgan fingerprint density at radius 1 is 1.16 bits per heavy atom. The van der Waals surface area contributed by atoms with Crippen molar-refractivity contribution in [2.75, 3.05) is 0 Å². The lowest BCUT2D eigenvalue weighted by molar-refractivity contribution is 0.0929. The Kier molecular flexibility index (Phi) is 6.30. The van der Waals surface area contributed by atoms with Crippen molar-refractivity contribution in [3.63, 3.8) is 0 Å². The minimum atomic E-state index is -0.442. The molecule has 0 spiro atoms. The van der Waals surface area contributed by atoms with Crippen LogP contribution in [0.15, 0.2) is 60.9 Å². The summed E-state index contributed by atoms with van der Waals surface area (Å²) in [6.07, 6.45) is 1.59. The van der Waals surface area contributed by atoms with E-state index >= 15 is 0 Å². The van der Waals surface area contributed by atoms with Crippen LogP contribution >= 0.6 is 55.1 Å². The highest BCUT2D eigenvalue weighted by Gasteiger charge is 2.16. The standard InChI is InChI=1S/C22H15Br2Cl2N3O2/c1-11-6-14(12(2)29(11)18-5-3-4-17(25)20(18)26)10-27-28-22(30)19-8-13-7-15(23)9-16(24)21(13)31-19/h3-10H,1-2H3,(H,28,30)/b27-10-. The minimum Gasteiger partial charge on any atom is -0.450 e. The van der Waals surface area contributed by atoms with Crippen LogP contribution in [-0.4, -0.2) is 16.7 Å². The predicted octanol–water partition coefficient (Wildman–Crippen LogP) is 7.44. The molecular formula is C22H15Br2Cl2N3O2. The summed E-state index contributed by atoms with van der Waals surface area (Å²) < 4.78 is 9.29. The molecule has 1 N–H and O–H groups in total. The van der Waals surface area contributed by atoms with Gasteiger partial charge in [-0.1, -0.05) is 45.2 Å². The number of fused-ring (bicyclic) bond motifs is 1. The van der Waals surface area contributed by atoms with E-state index in [1.165, 1.54) is 0 Å². The molecular weight excluding hydrogens is 569 g/mol. The molecule has 0 aliphatic rings. The van der Waals surface area contributed by atoms with Gasteiger partial charge in [-0.3, -0.25) is 4.79 Å². The molecule has 0 unspecified atom stereocenters. The van der Waals surface area contributed by atoms with Crippen molar-refractivity contribution in [3.8, 4) is 5.69 Å². The van der Waals surface area contributed by atoms with Crippen molar-refractivity contribution in [3.05, 3.63) is 84.2 Å². The highest BCUT2D eigenvalue weighted by molar-refractivity contribution is 9.11. The van der Waals surface area contributed by atoms with Crippen molar-refractivity contribution in [2.24, 2.45) is 5.10 Å². The predicted molar refractivity (Wildman–Crippen MR) is 132 cm³/mol. The van der Waals surface area contributed by atoms with E-state index in [0.29, 0.717) is 15.6 Å². The summed E-state index contributed by atoms with van der Waals surface area (Å²) in [5.74, 6) is -0.274. The highest BCUT2D eigenvalue weighted by atomic mass is 79.9. The zero-order valence-electron chi connectivity index (χ0n) is 16.3. The van der Waals surface area contributed by atoms with E-state index in [1.807, 2.05) is 48.7 Å². The Balaban J connectivity index is 1.56. The number of nitrogens with one attached hydrogen (secondary N) is 1. The average Bonchev–Trinajstić information content (AvgIpc) is 3.26. The Morgan fingerprint density at radius 2 is 1.94 bits per heavy atom. The number of aromatic nitrogens is 1. The molecule has 2 heterocycles. The Labute approximate surface area is 205 Å². The van der Waals surface area contributed by atoms with Crippen LogP contribution in [0.4, 0.5) is 0 Å². The first kappa shape index (κ1) is 22.1. The maximum atomic E-state index is 12.5. The summed E-state index contributed by atoms with van der Waals surface area (Å²) in [5.41, 5.74) is 6.61. The van der Waals surface area contributed by atoms with E-state index in [2.05, 4.69) is 42.4 Å². The van der Waals surface area contributed by atoms with E-state index in [0.717, 1.165) is 37.0 Å². The maximum absolute atomic E-state index is 12.5. The van der Waals surface area contributed by atoms with Crippen molar-refractivity contribution < 1.29 is 9.21 Å². The molecule has 0 aliphatic carbocycles. The zero-order valence-corrected chi connectivity index (χ0v) is 21.0. The fourth-order valence-corrected chi connectivity index (χ4v) is 5.08. The average molecular weight is 584 g/mol. The van der Waals surface area contributed by atoms with Gasteiger partial charge in [0.15, 0.2) is 5.76 Å². The second-order valence-corrected chi connectivity index (χ2v) is 9.41. The maximum Gasteiger partial charge on any atom is 0.307 e. The van der Waals surface area contributed by atoms with Gasteiger partial charge in [-0.15, -0.1) is 0 Å². The lowest BCUT2D eigenvalue weighted by Crippen LogP contribution is -2.16. The van der Waals surface area contributed by atoms with Gasteiger partial charge >= 0.3 is 5.91 Å². The molecule has 4 aromatic rings. The molecule has 2 aromatic carbocycles. The molecule has 0 aliphatic heterocycles. The van der Waals surface area contributed by atoms with E-state index in [-0.39, 0.29) is 5.76 Å². The molecule has 0 atom stereocenters. The Morgan fingerprint density at radius 3 is 2.71 bits per heavy atom. The number of amides is 1. The molecule has 4 rings (SSSR count). The first-order valence-electron chi connectivity index (χ1n) is 9.11. The summed E-state index contributed by atoms with van der Waals surface area (Å²) in [4.78, 5) is 12.5.